The molecule has 0 unspecified atom stereocenters. The summed E-state index contributed by atoms with van der Waals surface area (Å²) in [5.74, 6) is 0. The van der Waals surface area contributed by atoms with E-state index in [4.69, 9.17) is 0 Å². The molecule has 0 aromatic heterocycles. The molecule has 0 saturated carbocycles. The van der Waals surface area contributed by atoms with Gasteiger partial charge in [0.2, 0.25) is 0 Å². The molecule has 1 aliphatic heterocycles. The van der Waals surface area contributed by atoms with Crippen molar-refractivity contribution in [2.75, 3.05) is 13.2 Å². The van der Waals surface area contributed by atoms with Crippen LogP contribution < -0.4 is 0 Å². The topological polar surface area (TPSA) is 26.7 Å². The third-order valence-corrected chi connectivity index (χ3v) is 2.88. The molecule has 1 rings (SSSR count). The minimum atomic E-state index is -0.283. The smallest absolute Gasteiger partial charge is 0.0897 e. The van der Waals surface area contributed by atoms with E-state index in [1.807, 2.05) is 0 Å². The average molecular weight is 212 g/mol. The quantitative estimate of drug-likeness (QED) is 0.773. The van der Waals surface area contributed by atoms with Crippen LogP contribution in [-0.2, 0) is 0 Å². The first-order chi connectivity index (χ1) is 6.80. The molecule has 0 amide bonds. The van der Waals surface area contributed by atoms with Crippen LogP contribution in [0.4, 0.5) is 0 Å². The Morgan fingerprint density at radius 2 is 1.87 bits per heavy atom. The second-order valence-electron chi connectivity index (χ2n) is 5.70. The second-order valence-corrected chi connectivity index (χ2v) is 5.70. The minimum absolute atomic E-state index is 0.0426. The summed E-state index contributed by atoms with van der Waals surface area (Å²) in [7, 11) is 0. The third-order valence-electron chi connectivity index (χ3n) is 2.88. The average Bonchev–Trinajstić information content (AvgIpc) is 2.50. The van der Waals surface area contributed by atoms with Gasteiger partial charge in [-0.2, -0.15) is 0 Å². The highest BCUT2D eigenvalue weighted by molar-refractivity contribution is 4.93. The largest absolute Gasteiger partial charge is 0.391 e. The lowest BCUT2D eigenvalue weighted by molar-refractivity contribution is 0.0346. The van der Waals surface area contributed by atoms with Crippen LogP contribution in [0.5, 0.6) is 0 Å². The maximum absolute atomic E-state index is 9.98. The standard InChI is InChI=1S/C12H24N2O/c1-10(2)14-7-6-13(9-14)8-11(15)12(3,4)5/h6-7,10-11,15H,8-9H2,1-5H3/t11-/m0/s1. The van der Waals surface area contributed by atoms with Crippen molar-refractivity contribution in [1.82, 2.24) is 9.80 Å². The molecule has 88 valence electrons. The number of hydrogen-bond acceptors (Lipinski definition) is 3. The first-order valence-electron chi connectivity index (χ1n) is 5.67. The zero-order valence-electron chi connectivity index (χ0n) is 10.6. The summed E-state index contributed by atoms with van der Waals surface area (Å²) in [6.07, 6.45) is 3.88. The van der Waals surface area contributed by atoms with Crippen LogP contribution in [0, 0.1) is 5.41 Å². The Balaban J connectivity index is 2.41. The second kappa shape index (κ2) is 4.44. The highest BCUT2D eigenvalue weighted by atomic mass is 16.3. The molecular formula is C12H24N2O. The number of aliphatic hydroxyl groups excluding tert-OH is 1. The monoisotopic (exact) mass is 212 g/mol. The number of aliphatic hydroxyl groups is 1. The van der Waals surface area contributed by atoms with Gasteiger partial charge >= 0.3 is 0 Å². The van der Waals surface area contributed by atoms with Crippen molar-refractivity contribution in [3.8, 4) is 0 Å². The molecular weight excluding hydrogens is 188 g/mol. The van der Waals surface area contributed by atoms with E-state index in [9.17, 15) is 5.11 Å². The van der Waals surface area contributed by atoms with E-state index in [1.54, 1.807) is 0 Å². The summed E-state index contributed by atoms with van der Waals surface area (Å²) in [5.41, 5.74) is -0.0426. The highest BCUT2D eigenvalue weighted by Crippen LogP contribution is 2.21. The number of rotatable bonds is 3. The van der Waals surface area contributed by atoms with Crippen molar-refractivity contribution >= 4 is 0 Å². The Kier molecular flexibility index (Phi) is 3.66. The van der Waals surface area contributed by atoms with Gasteiger partial charge in [0, 0.05) is 25.0 Å². The fourth-order valence-corrected chi connectivity index (χ4v) is 1.43. The van der Waals surface area contributed by atoms with Crippen LogP contribution in [0.2, 0.25) is 0 Å². The molecule has 1 N–H and O–H groups in total. The van der Waals surface area contributed by atoms with E-state index in [0.717, 1.165) is 6.67 Å². The van der Waals surface area contributed by atoms with Crippen LogP contribution in [0.1, 0.15) is 34.6 Å². The normalized spacial score (nSPS) is 19.1. The summed E-state index contributed by atoms with van der Waals surface area (Å²) in [6.45, 7) is 12.2. The van der Waals surface area contributed by atoms with Crippen LogP contribution >= 0.6 is 0 Å². The van der Waals surface area contributed by atoms with E-state index in [-0.39, 0.29) is 11.5 Å². The van der Waals surface area contributed by atoms with Gasteiger partial charge in [0.25, 0.3) is 0 Å². The third kappa shape index (κ3) is 3.42. The van der Waals surface area contributed by atoms with Crippen LogP contribution in [-0.4, -0.2) is 40.3 Å². The fraction of sp³-hybridized carbons (Fsp3) is 0.833. The first-order valence-corrected chi connectivity index (χ1v) is 5.67. The van der Waals surface area contributed by atoms with Crippen LogP contribution in [0.15, 0.2) is 12.4 Å². The summed E-state index contributed by atoms with van der Waals surface area (Å²) in [5, 5.41) is 9.98. The van der Waals surface area contributed by atoms with Gasteiger partial charge in [-0.1, -0.05) is 20.8 Å². The predicted molar refractivity (Wildman–Crippen MR) is 63.1 cm³/mol. The zero-order valence-corrected chi connectivity index (χ0v) is 10.6. The molecule has 15 heavy (non-hydrogen) atoms. The summed E-state index contributed by atoms with van der Waals surface area (Å²) in [6, 6.07) is 0.526. The van der Waals surface area contributed by atoms with Crippen molar-refractivity contribution in [1.29, 1.82) is 0 Å². The molecule has 1 atom stereocenters. The van der Waals surface area contributed by atoms with Gasteiger partial charge in [0.15, 0.2) is 0 Å². The molecule has 3 nitrogen and oxygen atoms in total. The molecule has 0 fully saturated rings. The molecule has 0 bridgehead atoms. The lowest BCUT2D eigenvalue weighted by Gasteiger charge is -2.31. The maximum atomic E-state index is 9.98. The lowest BCUT2D eigenvalue weighted by atomic mass is 9.89. The summed E-state index contributed by atoms with van der Waals surface area (Å²) < 4.78 is 0. The van der Waals surface area contributed by atoms with E-state index < -0.39 is 0 Å². The Bertz CT molecular complexity index is 230. The molecule has 0 aliphatic carbocycles. The number of β-amino-alcohol motifs (C(OH)–C–C–N with tert-alkyl or cyclic N) is 1. The van der Waals surface area contributed by atoms with Crippen molar-refractivity contribution in [3.05, 3.63) is 12.4 Å². The van der Waals surface area contributed by atoms with E-state index in [1.165, 1.54) is 0 Å². The Morgan fingerprint density at radius 3 is 2.27 bits per heavy atom. The summed E-state index contributed by atoms with van der Waals surface area (Å²) in [4.78, 5) is 4.42. The van der Waals surface area contributed by atoms with Gasteiger partial charge in [-0.3, -0.25) is 0 Å². The minimum Gasteiger partial charge on any atom is -0.391 e. The van der Waals surface area contributed by atoms with E-state index >= 15 is 0 Å². The van der Waals surface area contributed by atoms with E-state index in [0.29, 0.717) is 12.6 Å². The van der Waals surface area contributed by atoms with Crippen molar-refractivity contribution in [3.63, 3.8) is 0 Å². The fourth-order valence-electron chi connectivity index (χ4n) is 1.43. The van der Waals surface area contributed by atoms with Crippen molar-refractivity contribution in [2.24, 2.45) is 5.41 Å². The van der Waals surface area contributed by atoms with Gasteiger partial charge in [0.05, 0.1) is 12.8 Å². The molecule has 0 aromatic carbocycles. The first kappa shape index (κ1) is 12.4. The number of nitrogens with zero attached hydrogens (tertiary/aromatic N) is 2. The van der Waals surface area contributed by atoms with Crippen molar-refractivity contribution in [2.45, 2.75) is 46.8 Å². The Morgan fingerprint density at radius 1 is 1.27 bits per heavy atom. The Labute approximate surface area is 93.4 Å². The Hall–Kier alpha value is -0.700. The molecule has 0 saturated heterocycles. The molecule has 3 heteroatoms. The molecule has 0 radical (unpaired) electrons. The van der Waals surface area contributed by atoms with Gasteiger partial charge in [-0.15, -0.1) is 0 Å². The zero-order chi connectivity index (χ0) is 11.6. The van der Waals surface area contributed by atoms with Gasteiger partial charge in [0.1, 0.15) is 0 Å². The molecule has 1 aliphatic rings. The molecule has 0 aromatic rings. The predicted octanol–water partition coefficient (Wildman–Crippen LogP) is 1.85. The molecule has 0 spiro atoms. The number of hydrogen-bond donors (Lipinski definition) is 1. The van der Waals surface area contributed by atoms with Gasteiger partial charge in [-0.05, 0) is 19.3 Å². The SMILES string of the molecule is CC(C)N1C=CN(C[C@H](O)C(C)(C)C)C1. The summed E-state index contributed by atoms with van der Waals surface area (Å²) >= 11 is 0. The lowest BCUT2D eigenvalue weighted by Crippen LogP contribution is -2.39. The van der Waals surface area contributed by atoms with Crippen molar-refractivity contribution < 1.29 is 5.11 Å². The van der Waals surface area contributed by atoms with Gasteiger partial charge < -0.3 is 14.9 Å². The molecule has 1 heterocycles. The van der Waals surface area contributed by atoms with Crippen LogP contribution in [0.25, 0.3) is 0 Å². The highest BCUT2D eigenvalue weighted by Gasteiger charge is 2.25. The van der Waals surface area contributed by atoms with Gasteiger partial charge in [-0.25, -0.2) is 0 Å². The maximum Gasteiger partial charge on any atom is 0.0897 e. The van der Waals surface area contributed by atoms with Crippen LogP contribution in [0.3, 0.4) is 0 Å². The van der Waals surface area contributed by atoms with E-state index in [2.05, 4.69) is 56.8 Å².